The first-order valence-corrected chi connectivity index (χ1v) is 6.26. The molecule has 0 bridgehead atoms. The van der Waals surface area contributed by atoms with Crippen LogP contribution in [0, 0.1) is 0 Å². The lowest BCUT2D eigenvalue weighted by Crippen LogP contribution is -2.32. The van der Waals surface area contributed by atoms with Crippen LogP contribution >= 0.6 is 0 Å². The maximum Gasteiger partial charge on any atom is 0.125 e. The van der Waals surface area contributed by atoms with Gasteiger partial charge in [0.15, 0.2) is 0 Å². The number of nitrogens with zero attached hydrogens (tertiary/aromatic N) is 2. The molecule has 1 atom stereocenters. The molecule has 0 saturated heterocycles. The van der Waals surface area contributed by atoms with E-state index in [1.807, 2.05) is 24.3 Å². The highest BCUT2D eigenvalue weighted by molar-refractivity contribution is 5.33. The quantitative estimate of drug-likeness (QED) is 0.776. The zero-order chi connectivity index (χ0) is 12.6. The van der Waals surface area contributed by atoms with Crippen molar-refractivity contribution >= 4 is 5.82 Å². The molecule has 3 heteroatoms. The van der Waals surface area contributed by atoms with E-state index in [1.54, 1.807) is 6.20 Å². The summed E-state index contributed by atoms with van der Waals surface area (Å²) in [7, 11) is 0. The van der Waals surface area contributed by atoms with Gasteiger partial charge in [0.2, 0.25) is 0 Å². The molecule has 0 spiro atoms. The molecule has 0 amide bonds. The highest BCUT2D eigenvalue weighted by Gasteiger charge is 2.12. The van der Waals surface area contributed by atoms with Gasteiger partial charge >= 0.3 is 0 Å². The second-order valence-corrected chi connectivity index (χ2v) is 4.21. The smallest absolute Gasteiger partial charge is 0.125 e. The number of hydrogen-bond acceptors (Lipinski definition) is 3. The number of nitrogens with one attached hydrogen (secondary N) is 1. The van der Waals surface area contributed by atoms with Gasteiger partial charge in [-0.15, -0.1) is 6.58 Å². The van der Waals surface area contributed by atoms with Gasteiger partial charge in [0, 0.05) is 25.3 Å². The Hall–Kier alpha value is -2.03. The summed E-state index contributed by atoms with van der Waals surface area (Å²) >= 11 is 0. The van der Waals surface area contributed by atoms with Gasteiger partial charge in [0.25, 0.3) is 0 Å². The number of hydrogen-bond donors (Lipinski definition) is 1. The van der Waals surface area contributed by atoms with Crippen molar-refractivity contribution in [1.29, 1.82) is 0 Å². The Balaban J connectivity index is 1.80. The van der Waals surface area contributed by atoms with Gasteiger partial charge < -0.3 is 10.2 Å². The van der Waals surface area contributed by atoms with Crippen LogP contribution < -0.4 is 5.32 Å². The fourth-order valence-corrected chi connectivity index (χ4v) is 2.00. The lowest BCUT2D eigenvalue weighted by molar-refractivity contribution is 0.336. The van der Waals surface area contributed by atoms with Crippen molar-refractivity contribution < 1.29 is 0 Å². The number of rotatable bonds is 6. The van der Waals surface area contributed by atoms with Crippen LogP contribution in [0.25, 0.3) is 0 Å². The third-order valence-corrected chi connectivity index (χ3v) is 2.90. The molecule has 18 heavy (non-hydrogen) atoms. The second kappa shape index (κ2) is 6.64. The number of allylic oxidation sites excluding steroid dienone is 2. The lowest BCUT2D eigenvalue weighted by Gasteiger charge is -2.29. The molecule has 1 aromatic heterocycles. The monoisotopic (exact) mass is 241 g/mol. The highest BCUT2D eigenvalue weighted by Crippen LogP contribution is 2.12. The van der Waals surface area contributed by atoms with Gasteiger partial charge in [-0.05, 0) is 30.8 Å². The summed E-state index contributed by atoms with van der Waals surface area (Å²) in [5.74, 6) is 0.933. The molecule has 0 aliphatic carbocycles. The van der Waals surface area contributed by atoms with Gasteiger partial charge in [-0.3, -0.25) is 0 Å². The third-order valence-electron chi connectivity index (χ3n) is 2.90. The summed E-state index contributed by atoms with van der Waals surface area (Å²) in [4.78, 5) is 6.53. The number of anilines is 1. The molecule has 94 valence electrons. The maximum atomic E-state index is 4.24. The number of aromatic nitrogens is 1. The minimum Gasteiger partial charge on any atom is -0.370 e. The van der Waals surface area contributed by atoms with E-state index in [4.69, 9.17) is 0 Å². The highest BCUT2D eigenvalue weighted by atomic mass is 15.1. The van der Waals surface area contributed by atoms with Gasteiger partial charge in [0.1, 0.15) is 5.82 Å². The van der Waals surface area contributed by atoms with Crippen molar-refractivity contribution in [2.45, 2.75) is 12.5 Å². The van der Waals surface area contributed by atoms with E-state index >= 15 is 0 Å². The van der Waals surface area contributed by atoms with E-state index < -0.39 is 0 Å². The van der Waals surface area contributed by atoms with Gasteiger partial charge in [-0.25, -0.2) is 4.98 Å². The molecule has 0 saturated carbocycles. The van der Waals surface area contributed by atoms with Crippen molar-refractivity contribution in [3.63, 3.8) is 0 Å². The average molecular weight is 241 g/mol. The van der Waals surface area contributed by atoms with Gasteiger partial charge in [-0.2, -0.15) is 0 Å². The summed E-state index contributed by atoms with van der Waals surface area (Å²) < 4.78 is 0. The summed E-state index contributed by atoms with van der Waals surface area (Å²) in [6.45, 7) is 5.59. The zero-order valence-electron chi connectivity index (χ0n) is 10.5. The van der Waals surface area contributed by atoms with E-state index in [2.05, 4.69) is 46.2 Å². The van der Waals surface area contributed by atoms with Crippen LogP contribution in [0.1, 0.15) is 6.42 Å². The molecule has 3 nitrogen and oxygen atoms in total. The van der Waals surface area contributed by atoms with E-state index in [-0.39, 0.29) is 0 Å². The first-order chi connectivity index (χ1) is 8.90. The normalized spacial score (nSPS) is 17.8. The predicted molar refractivity (Wildman–Crippen MR) is 76.3 cm³/mol. The van der Waals surface area contributed by atoms with Crippen molar-refractivity contribution in [2.24, 2.45) is 0 Å². The molecule has 0 fully saturated rings. The maximum absolute atomic E-state index is 4.24. The Bertz CT molecular complexity index is 423. The van der Waals surface area contributed by atoms with Crippen LogP contribution in [0.5, 0.6) is 0 Å². The van der Waals surface area contributed by atoms with Crippen molar-refractivity contribution in [3.8, 4) is 0 Å². The van der Waals surface area contributed by atoms with E-state index in [9.17, 15) is 0 Å². The SMILES string of the molecule is C=CCN1C=CC=CC1CCNc1ccccn1. The Morgan fingerprint density at radius 3 is 3.11 bits per heavy atom. The lowest BCUT2D eigenvalue weighted by atomic mass is 10.1. The van der Waals surface area contributed by atoms with Crippen molar-refractivity contribution in [2.75, 3.05) is 18.4 Å². The first kappa shape index (κ1) is 12.4. The predicted octanol–water partition coefficient (Wildman–Crippen LogP) is 2.82. The van der Waals surface area contributed by atoms with E-state index in [1.165, 1.54) is 0 Å². The van der Waals surface area contributed by atoms with Crippen LogP contribution in [-0.2, 0) is 0 Å². The van der Waals surface area contributed by atoms with Gasteiger partial charge in [-0.1, -0.05) is 24.3 Å². The molecule has 1 aliphatic rings. The Labute approximate surface area is 109 Å². The molecular formula is C15H19N3. The molecular weight excluding hydrogens is 222 g/mol. The Kier molecular flexibility index (Phi) is 4.59. The molecule has 2 heterocycles. The standard InChI is InChI=1S/C15H19N3/c1-2-12-18-13-6-4-7-14(18)9-11-17-15-8-3-5-10-16-15/h2-8,10,13-14H,1,9,11-12H2,(H,16,17). The molecule has 0 aromatic carbocycles. The molecule has 1 N–H and O–H groups in total. The van der Waals surface area contributed by atoms with Crippen LogP contribution in [0.15, 0.2) is 61.5 Å². The summed E-state index contributed by atoms with van der Waals surface area (Å²) in [6.07, 6.45) is 13.3. The second-order valence-electron chi connectivity index (χ2n) is 4.21. The average Bonchev–Trinajstić information content (AvgIpc) is 2.42. The third kappa shape index (κ3) is 3.48. The van der Waals surface area contributed by atoms with Crippen LogP contribution in [0.2, 0.25) is 0 Å². The zero-order valence-corrected chi connectivity index (χ0v) is 10.5. The minimum absolute atomic E-state index is 0.434. The first-order valence-electron chi connectivity index (χ1n) is 6.26. The minimum atomic E-state index is 0.434. The van der Waals surface area contributed by atoms with Crippen LogP contribution in [-0.4, -0.2) is 29.0 Å². The molecule has 1 aliphatic heterocycles. The largest absolute Gasteiger partial charge is 0.370 e. The fraction of sp³-hybridized carbons (Fsp3) is 0.267. The van der Waals surface area contributed by atoms with Crippen LogP contribution in [0.3, 0.4) is 0 Å². The molecule has 0 radical (unpaired) electrons. The van der Waals surface area contributed by atoms with Crippen molar-refractivity contribution in [3.05, 3.63) is 61.5 Å². The Morgan fingerprint density at radius 1 is 1.39 bits per heavy atom. The molecule has 1 aromatic rings. The summed E-state index contributed by atoms with van der Waals surface area (Å²) in [5.41, 5.74) is 0. The molecule has 2 rings (SSSR count). The van der Waals surface area contributed by atoms with E-state index in [0.717, 1.165) is 25.3 Å². The molecule has 1 unspecified atom stereocenters. The van der Waals surface area contributed by atoms with Crippen molar-refractivity contribution in [1.82, 2.24) is 9.88 Å². The summed E-state index contributed by atoms with van der Waals surface area (Å²) in [5, 5.41) is 3.33. The Morgan fingerprint density at radius 2 is 2.33 bits per heavy atom. The topological polar surface area (TPSA) is 28.2 Å². The van der Waals surface area contributed by atoms with E-state index in [0.29, 0.717) is 6.04 Å². The van der Waals surface area contributed by atoms with Gasteiger partial charge in [0.05, 0.1) is 0 Å². The fourth-order valence-electron chi connectivity index (χ4n) is 2.00. The summed E-state index contributed by atoms with van der Waals surface area (Å²) in [6, 6.07) is 6.33. The van der Waals surface area contributed by atoms with Crippen LogP contribution in [0.4, 0.5) is 5.82 Å². The number of pyridine rings is 1.